The van der Waals surface area contributed by atoms with Crippen LogP contribution >= 0.6 is 0 Å². The van der Waals surface area contributed by atoms with Crippen LogP contribution < -0.4 is 16.0 Å². The Kier molecular flexibility index (Phi) is 4.59. The van der Waals surface area contributed by atoms with E-state index in [1.807, 2.05) is 6.07 Å². The van der Waals surface area contributed by atoms with Crippen LogP contribution in [0.1, 0.15) is 30.4 Å². The third-order valence-electron chi connectivity index (χ3n) is 6.42. The number of nitriles is 1. The van der Waals surface area contributed by atoms with Gasteiger partial charge in [-0.25, -0.2) is 4.39 Å². The molecule has 1 amide bonds. The van der Waals surface area contributed by atoms with Gasteiger partial charge in [0.25, 0.3) is 0 Å². The number of anilines is 2. The summed E-state index contributed by atoms with van der Waals surface area (Å²) in [5, 5.41) is 12.7. The average Bonchev–Trinajstić information content (AvgIpc) is 3.05. The molecule has 2 heterocycles. The predicted octanol–water partition coefficient (Wildman–Crippen LogP) is 4.26. The van der Waals surface area contributed by atoms with Gasteiger partial charge in [-0.15, -0.1) is 0 Å². The monoisotopic (exact) mass is 468 g/mol. The van der Waals surface area contributed by atoms with Crippen molar-refractivity contribution < 1.29 is 27.2 Å². The zero-order valence-corrected chi connectivity index (χ0v) is 17.5. The van der Waals surface area contributed by atoms with Gasteiger partial charge in [0.05, 0.1) is 11.1 Å². The Labute approximate surface area is 190 Å². The van der Waals surface area contributed by atoms with Crippen LogP contribution in [-0.4, -0.2) is 11.7 Å². The molecule has 6 nitrogen and oxygen atoms in total. The van der Waals surface area contributed by atoms with Crippen molar-refractivity contribution in [2.45, 2.75) is 30.9 Å². The number of carbonyl (C=O) groups excluding carboxylic acids is 2. The largest absolute Gasteiger partial charge is 0.416 e. The van der Waals surface area contributed by atoms with Gasteiger partial charge in [-0.05, 0) is 49.2 Å². The predicted molar refractivity (Wildman–Crippen MR) is 113 cm³/mol. The highest BCUT2D eigenvalue weighted by Gasteiger charge is 2.60. The maximum atomic E-state index is 14.3. The number of hydrogen-bond donors (Lipinski definition) is 2. The van der Waals surface area contributed by atoms with Crippen LogP contribution in [0.25, 0.3) is 0 Å². The first-order valence-electron chi connectivity index (χ1n) is 10.4. The topological polar surface area (TPSA) is 99.2 Å². The van der Waals surface area contributed by atoms with Gasteiger partial charge in [-0.1, -0.05) is 6.07 Å². The fraction of sp³-hybridized carbons (Fsp3) is 0.208. The first-order chi connectivity index (χ1) is 16.1. The van der Waals surface area contributed by atoms with Crippen LogP contribution in [0.5, 0.6) is 0 Å². The highest BCUT2D eigenvalue weighted by molar-refractivity contribution is 6.19. The van der Waals surface area contributed by atoms with Crippen molar-refractivity contribution in [1.29, 1.82) is 5.26 Å². The van der Waals surface area contributed by atoms with Crippen molar-refractivity contribution in [2.24, 2.45) is 5.73 Å². The van der Waals surface area contributed by atoms with Crippen LogP contribution in [0.4, 0.5) is 28.9 Å². The Morgan fingerprint density at radius 1 is 1.12 bits per heavy atom. The number of benzene rings is 2. The van der Waals surface area contributed by atoms with E-state index in [1.54, 1.807) is 0 Å². The Morgan fingerprint density at radius 3 is 2.59 bits per heavy atom. The van der Waals surface area contributed by atoms with Gasteiger partial charge >= 0.3 is 6.18 Å². The van der Waals surface area contributed by atoms with E-state index in [1.165, 1.54) is 23.1 Å². The smallest absolute Gasteiger partial charge is 0.384 e. The van der Waals surface area contributed by atoms with Crippen molar-refractivity contribution in [3.05, 3.63) is 82.1 Å². The molecule has 172 valence electrons. The molecule has 2 aromatic carbocycles. The SMILES string of the molecule is N#CC1=C(N)N(c2cccc(C(F)(F)F)c2)C2=C(C(=O)CCC2)C12C(=O)Nc1ccc(F)cc12. The van der Waals surface area contributed by atoms with Gasteiger partial charge in [0, 0.05) is 34.6 Å². The highest BCUT2D eigenvalue weighted by Crippen LogP contribution is 2.55. The number of alkyl halides is 3. The third-order valence-corrected chi connectivity index (χ3v) is 6.42. The fourth-order valence-corrected chi connectivity index (χ4v) is 5.08. The van der Waals surface area contributed by atoms with Gasteiger partial charge in [-0.3, -0.25) is 14.5 Å². The molecule has 0 aromatic heterocycles. The van der Waals surface area contributed by atoms with E-state index in [-0.39, 0.29) is 52.4 Å². The zero-order valence-electron chi connectivity index (χ0n) is 17.5. The van der Waals surface area contributed by atoms with Crippen molar-refractivity contribution in [1.82, 2.24) is 0 Å². The summed E-state index contributed by atoms with van der Waals surface area (Å²) in [5.74, 6) is -2.16. The van der Waals surface area contributed by atoms with Gasteiger partial charge in [0.2, 0.25) is 5.91 Å². The molecular formula is C24H16F4N4O2. The minimum absolute atomic E-state index is 0.00463. The molecule has 10 heteroatoms. The zero-order chi connectivity index (χ0) is 24.4. The Hall–Kier alpha value is -4.13. The number of allylic oxidation sites excluding steroid dienone is 1. The molecule has 1 aliphatic carbocycles. The molecule has 0 saturated heterocycles. The lowest BCUT2D eigenvalue weighted by Crippen LogP contribution is -2.50. The normalized spacial score (nSPS) is 22.0. The summed E-state index contributed by atoms with van der Waals surface area (Å²) in [6.07, 6.45) is -3.98. The molecule has 2 aliphatic heterocycles. The van der Waals surface area contributed by atoms with E-state index >= 15 is 0 Å². The molecule has 5 rings (SSSR count). The average molecular weight is 468 g/mol. The van der Waals surface area contributed by atoms with Crippen LogP contribution in [0.15, 0.2) is 65.1 Å². The molecule has 3 aliphatic rings. The molecule has 0 bridgehead atoms. The summed E-state index contributed by atoms with van der Waals surface area (Å²) in [6.45, 7) is 0. The molecule has 2 aromatic rings. The number of rotatable bonds is 1. The summed E-state index contributed by atoms with van der Waals surface area (Å²) in [6, 6.07) is 9.76. The number of nitrogens with two attached hydrogens (primary N) is 1. The molecule has 3 N–H and O–H groups in total. The van der Waals surface area contributed by atoms with Crippen LogP contribution in [0.3, 0.4) is 0 Å². The molecule has 1 spiro atoms. The minimum Gasteiger partial charge on any atom is -0.384 e. The quantitative estimate of drug-likeness (QED) is 0.610. The van der Waals surface area contributed by atoms with Crippen LogP contribution in [0, 0.1) is 17.1 Å². The standard InChI is InChI=1S/C24H16F4N4O2/c25-13-7-8-17-15(10-13)23(22(34)31-17)16(11-29)21(30)32(18-5-2-6-19(33)20(18)23)14-4-1-3-12(9-14)24(26,27)28/h1,3-4,7-10H,2,5-6,30H2,(H,31,34). The van der Waals surface area contributed by atoms with Crippen molar-refractivity contribution >= 4 is 23.1 Å². The lowest BCUT2D eigenvalue weighted by molar-refractivity contribution is -0.137. The molecule has 1 atom stereocenters. The molecule has 34 heavy (non-hydrogen) atoms. The summed E-state index contributed by atoms with van der Waals surface area (Å²) >= 11 is 0. The second kappa shape index (κ2) is 7.18. The number of ketones is 1. The van der Waals surface area contributed by atoms with Crippen molar-refractivity contribution in [3.63, 3.8) is 0 Å². The minimum atomic E-state index is -4.63. The van der Waals surface area contributed by atoms with Gasteiger partial charge in [0.1, 0.15) is 23.1 Å². The number of Topliss-reactive ketones (excluding diaryl/α,β-unsaturated/α-hetero) is 1. The number of halogens is 4. The summed E-state index contributed by atoms with van der Waals surface area (Å²) in [7, 11) is 0. The molecule has 0 radical (unpaired) electrons. The number of nitrogens with one attached hydrogen (secondary N) is 1. The molecular weight excluding hydrogens is 452 g/mol. The number of fused-ring (bicyclic) bond motifs is 3. The van der Waals surface area contributed by atoms with E-state index in [0.29, 0.717) is 6.42 Å². The number of carbonyl (C=O) groups is 2. The fourth-order valence-electron chi connectivity index (χ4n) is 5.08. The second-order valence-corrected chi connectivity index (χ2v) is 8.25. The molecule has 0 fully saturated rings. The number of hydrogen-bond acceptors (Lipinski definition) is 5. The van der Waals surface area contributed by atoms with Gasteiger partial charge in [-0.2, -0.15) is 18.4 Å². The molecule has 1 unspecified atom stereocenters. The van der Waals surface area contributed by atoms with E-state index < -0.39 is 34.7 Å². The first kappa shape index (κ1) is 21.7. The third kappa shape index (κ3) is 2.79. The maximum Gasteiger partial charge on any atom is 0.416 e. The number of amides is 1. The Morgan fingerprint density at radius 2 is 1.88 bits per heavy atom. The van der Waals surface area contributed by atoms with Crippen LogP contribution in [0.2, 0.25) is 0 Å². The van der Waals surface area contributed by atoms with E-state index in [9.17, 15) is 32.4 Å². The van der Waals surface area contributed by atoms with Crippen molar-refractivity contribution in [2.75, 3.05) is 10.2 Å². The van der Waals surface area contributed by atoms with E-state index in [4.69, 9.17) is 5.73 Å². The second-order valence-electron chi connectivity index (χ2n) is 8.25. The summed E-state index contributed by atoms with van der Waals surface area (Å²) in [5.41, 5.74) is 3.55. The number of nitrogens with zero attached hydrogens (tertiary/aromatic N) is 2. The van der Waals surface area contributed by atoms with Crippen LogP contribution in [-0.2, 0) is 21.2 Å². The van der Waals surface area contributed by atoms with E-state index in [2.05, 4.69) is 5.32 Å². The Bertz CT molecular complexity index is 1390. The lowest BCUT2D eigenvalue weighted by Gasteiger charge is -2.43. The lowest BCUT2D eigenvalue weighted by atomic mass is 9.64. The van der Waals surface area contributed by atoms with E-state index in [0.717, 1.165) is 24.3 Å². The van der Waals surface area contributed by atoms with Crippen molar-refractivity contribution in [3.8, 4) is 6.07 Å². The van der Waals surface area contributed by atoms with Gasteiger partial charge in [0.15, 0.2) is 5.78 Å². The molecule has 0 saturated carbocycles. The first-order valence-corrected chi connectivity index (χ1v) is 10.4. The van der Waals surface area contributed by atoms with Gasteiger partial charge < -0.3 is 11.1 Å². The highest BCUT2D eigenvalue weighted by atomic mass is 19.4. The Balaban J connectivity index is 1.85. The summed E-state index contributed by atoms with van der Waals surface area (Å²) < 4.78 is 54.5. The maximum absolute atomic E-state index is 14.3. The summed E-state index contributed by atoms with van der Waals surface area (Å²) in [4.78, 5) is 28.0.